The van der Waals surface area contributed by atoms with Crippen molar-refractivity contribution in [1.82, 2.24) is 4.90 Å². The third kappa shape index (κ3) is 4.88. The van der Waals surface area contributed by atoms with Gasteiger partial charge in [0.2, 0.25) is 0 Å². The molecule has 7 nitrogen and oxygen atoms in total. The molecule has 1 unspecified atom stereocenters. The highest BCUT2D eigenvalue weighted by Gasteiger charge is 2.46. The van der Waals surface area contributed by atoms with Crippen molar-refractivity contribution in [2.24, 2.45) is 0 Å². The normalized spacial score (nSPS) is 16.8. The van der Waals surface area contributed by atoms with Crippen molar-refractivity contribution in [2.75, 3.05) is 27.9 Å². The Labute approximate surface area is 214 Å². The second kappa shape index (κ2) is 10.7. The zero-order valence-corrected chi connectivity index (χ0v) is 20.9. The summed E-state index contributed by atoms with van der Waals surface area (Å²) in [5, 5.41) is 11.5. The summed E-state index contributed by atoms with van der Waals surface area (Å²) in [6, 6.07) is 18.5. The van der Waals surface area contributed by atoms with E-state index in [1.807, 2.05) is 24.3 Å². The van der Waals surface area contributed by atoms with Crippen LogP contribution < -0.4 is 14.2 Å². The molecule has 1 N–H and O–H groups in total. The molecule has 0 aromatic heterocycles. The topological polar surface area (TPSA) is 85.3 Å². The van der Waals surface area contributed by atoms with Gasteiger partial charge in [-0.2, -0.15) is 0 Å². The number of halogens is 1. The van der Waals surface area contributed by atoms with Crippen molar-refractivity contribution in [2.45, 2.75) is 12.5 Å². The Bertz CT molecular complexity index is 1320. The molecule has 0 aliphatic carbocycles. The van der Waals surface area contributed by atoms with Gasteiger partial charge in [0.15, 0.2) is 0 Å². The smallest absolute Gasteiger partial charge is 0.295 e. The first-order chi connectivity index (χ1) is 17.4. The second-order valence-electron chi connectivity index (χ2n) is 8.21. The van der Waals surface area contributed by atoms with Crippen molar-refractivity contribution in [1.29, 1.82) is 0 Å². The van der Waals surface area contributed by atoms with Gasteiger partial charge in [0.25, 0.3) is 11.7 Å². The van der Waals surface area contributed by atoms with E-state index in [1.54, 1.807) is 43.5 Å². The van der Waals surface area contributed by atoms with Gasteiger partial charge in [-0.3, -0.25) is 9.59 Å². The van der Waals surface area contributed by atoms with Crippen LogP contribution in [0.3, 0.4) is 0 Å². The number of methoxy groups -OCH3 is 3. The summed E-state index contributed by atoms with van der Waals surface area (Å²) in [4.78, 5) is 28.0. The molecule has 1 fully saturated rings. The highest BCUT2D eigenvalue weighted by Crippen LogP contribution is 2.41. The number of rotatable bonds is 8. The monoisotopic (exact) mass is 507 g/mol. The van der Waals surface area contributed by atoms with Gasteiger partial charge in [0.1, 0.15) is 23.0 Å². The van der Waals surface area contributed by atoms with E-state index in [1.165, 1.54) is 25.2 Å². The fraction of sp³-hybridized carbons (Fsp3) is 0.214. The molecule has 0 bridgehead atoms. The van der Waals surface area contributed by atoms with Gasteiger partial charge in [0.05, 0.1) is 38.0 Å². The van der Waals surface area contributed by atoms with E-state index in [2.05, 4.69) is 0 Å². The number of carbonyl (C=O) groups excluding carboxylic acids is 2. The number of benzene rings is 3. The summed E-state index contributed by atoms with van der Waals surface area (Å²) >= 11 is 6.36. The average Bonchev–Trinajstić information content (AvgIpc) is 3.17. The van der Waals surface area contributed by atoms with Crippen LogP contribution in [0, 0.1) is 0 Å². The molecule has 186 valence electrons. The molecule has 4 rings (SSSR count). The van der Waals surface area contributed by atoms with Gasteiger partial charge < -0.3 is 24.2 Å². The first-order valence-electron chi connectivity index (χ1n) is 11.3. The maximum Gasteiger partial charge on any atom is 0.295 e. The molecule has 1 amide bonds. The SMILES string of the molecule is COc1ccc(CCN2C(=O)C(=O)/C(=C(/O)c3cc(OC)ccc3Cl)C2c2cccc(OC)c2)cc1. The number of nitrogens with zero attached hydrogens (tertiary/aromatic N) is 1. The molecule has 1 atom stereocenters. The maximum absolute atomic E-state index is 13.3. The number of hydrogen-bond acceptors (Lipinski definition) is 6. The number of aliphatic hydroxyl groups excluding tert-OH is 1. The van der Waals surface area contributed by atoms with E-state index in [-0.39, 0.29) is 28.5 Å². The molecule has 1 aliphatic rings. The summed E-state index contributed by atoms with van der Waals surface area (Å²) in [5.74, 6) is -0.103. The molecule has 3 aromatic rings. The molecular weight excluding hydrogens is 482 g/mol. The van der Waals surface area contributed by atoms with Crippen molar-refractivity contribution in [3.8, 4) is 17.2 Å². The summed E-state index contributed by atoms with van der Waals surface area (Å²) < 4.78 is 15.8. The van der Waals surface area contributed by atoms with Gasteiger partial charge in [-0.15, -0.1) is 0 Å². The lowest BCUT2D eigenvalue weighted by atomic mass is 9.95. The predicted octanol–water partition coefficient (Wildman–Crippen LogP) is 5.03. The minimum atomic E-state index is -0.833. The van der Waals surface area contributed by atoms with Crippen LogP contribution in [0.2, 0.25) is 5.02 Å². The van der Waals surface area contributed by atoms with Crippen LogP contribution in [0.15, 0.2) is 72.3 Å². The number of hydrogen-bond donors (Lipinski definition) is 1. The van der Waals surface area contributed by atoms with Crippen LogP contribution >= 0.6 is 11.6 Å². The number of aliphatic hydroxyl groups is 1. The Morgan fingerprint density at radius 1 is 0.889 bits per heavy atom. The number of amides is 1. The summed E-state index contributed by atoms with van der Waals surface area (Å²) in [6.45, 7) is 0.251. The molecule has 36 heavy (non-hydrogen) atoms. The van der Waals surface area contributed by atoms with Crippen molar-refractivity contribution < 1.29 is 28.9 Å². The average molecular weight is 508 g/mol. The standard InChI is InChI=1S/C28H26ClNO6/c1-34-19-9-7-17(8-10-19)13-14-30-25(18-5-4-6-20(15-18)35-2)24(27(32)28(30)33)26(31)22-16-21(36-3)11-12-23(22)29/h4-12,15-16,25,31H,13-14H2,1-3H3/b26-24+. The molecule has 1 aliphatic heterocycles. The number of ether oxygens (including phenoxy) is 3. The Hall–Kier alpha value is -3.97. The fourth-order valence-corrected chi connectivity index (χ4v) is 4.48. The van der Waals surface area contributed by atoms with Crippen LogP contribution in [0.4, 0.5) is 0 Å². The zero-order valence-electron chi connectivity index (χ0n) is 20.2. The minimum absolute atomic E-state index is 0.0434. The zero-order chi connectivity index (χ0) is 25.8. The van der Waals surface area contributed by atoms with E-state index in [9.17, 15) is 14.7 Å². The number of carbonyl (C=O) groups is 2. The lowest BCUT2D eigenvalue weighted by molar-refractivity contribution is -0.139. The number of ketones is 1. The minimum Gasteiger partial charge on any atom is -0.507 e. The van der Waals surface area contributed by atoms with Crippen LogP contribution in [0.25, 0.3) is 5.76 Å². The lowest BCUT2D eigenvalue weighted by Crippen LogP contribution is -2.31. The summed E-state index contributed by atoms with van der Waals surface area (Å²) in [5.41, 5.74) is 1.76. The highest BCUT2D eigenvalue weighted by atomic mass is 35.5. The first kappa shape index (κ1) is 25.1. The van der Waals surface area contributed by atoms with Crippen LogP contribution in [0.1, 0.15) is 22.7 Å². The molecule has 8 heteroatoms. The molecule has 0 spiro atoms. The van der Waals surface area contributed by atoms with Crippen molar-refractivity contribution in [3.63, 3.8) is 0 Å². The van der Waals surface area contributed by atoms with Crippen LogP contribution in [0.5, 0.6) is 17.2 Å². The van der Waals surface area contributed by atoms with Gasteiger partial charge >= 0.3 is 0 Å². The van der Waals surface area contributed by atoms with E-state index >= 15 is 0 Å². The van der Waals surface area contributed by atoms with Crippen molar-refractivity contribution in [3.05, 3.63) is 94.0 Å². The summed E-state index contributed by atoms with van der Waals surface area (Å²) in [6.07, 6.45) is 0.497. The summed E-state index contributed by atoms with van der Waals surface area (Å²) in [7, 11) is 4.62. The molecule has 3 aromatic carbocycles. The lowest BCUT2D eigenvalue weighted by Gasteiger charge is -2.26. The van der Waals surface area contributed by atoms with E-state index < -0.39 is 17.7 Å². The highest BCUT2D eigenvalue weighted by molar-refractivity contribution is 6.47. The first-order valence-corrected chi connectivity index (χ1v) is 11.6. The number of Topliss-reactive ketones (excluding diaryl/α,β-unsaturated/α-hetero) is 1. The van der Waals surface area contributed by atoms with E-state index in [0.717, 1.165) is 11.3 Å². The van der Waals surface area contributed by atoms with Crippen LogP contribution in [-0.4, -0.2) is 49.6 Å². The van der Waals surface area contributed by atoms with E-state index in [0.29, 0.717) is 23.5 Å². The van der Waals surface area contributed by atoms with Gasteiger partial charge in [-0.1, -0.05) is 35.9 Å². The third-order valence-electron chi connectivity index (χ3n) is 6.18. The molecule has 1 heterocycles. The Balaban J connectivity index is 1.80. The van der Waals surface area contributed by atoms with Gasteiger partial charge in [-0.05, 0) is 60.0 Å². The maximum atomic E-state index is 13.3. The number of likely N-dealkylation sites (tertiary alicyclic amines) is 1. The molecule has 0 saturated carbocycles. The Morgan fingerprint density at radius 2 is 1.53 bits per heavy atom. The van der Waals surface area contributed by atoms with E-state index in [4.69, 9.17) is 25.8 Å². The Kier molecular flexibility index (Phi) is 7.50. The molecule has 0 radical (unpaired) electrons. The Morgan fingerprint density at radius 3 is 2.19 bits per heavy atom. The van der Waals surface area contributed by atoms with Gasteiger partial charge in [0, 0.05) is 12.1 Å². The van der Waals surface area contributed by atoms with Gasteiger partial charge in [-0.25, -0.2) is 0 Å². The van der Waals surface area contributed by atoms with Crippen LogP contribution in [-0.2, 0) is 16.0 Å². The largest absolute Gasteiger partial charge is 0.507 e. The second-order valence-corrected chi connectivity index (χ2v) is 8.62. The quantitative estimate of drug-likeness (QED) is 0.261. The fourth-order valence-electron chi connectivity index (χ4n) is 4.27. The molecular formula is C28H26ClNO6. The molecule has 1 saturated heterocycles. The third-order valence-corrected chi connectivity index (χ3v) is 6.51. The van der Waals surface area contributed by atoms with Crippen molar-refractivity contribution >= 4 is 29.1 Å². The predicted molar refractivity (Wildman–Crippen MR) is 137 cm³/mol.